The highest BCUT2D eigenvalue weighted by molar-refractivity contribution is 5.77. The summed E-state index contributed by atoms with van der Waals surface area (Å²) in [6.07, 6.45) is 7.86. The molecule has 0 N–H and O–H groups in total. The Kier molecular flexibility index (Phi) is 6.34. The normalized spacial score (nSPS) is 19.9. The van der Waals surface area contributed by atoms with Crippen LogP contribution >= 0.6 is 0 Å². The van der Waals surface area contributed by atoms with Crippen molar-refractivity contribution in [3.05, 3.63) is 64.7 Å². The number of nitrogens with zero attached hydrogens (tertiary/aromatic N) is 2. The third-order valence-electron chi connectivity index (χ3n) is 7.06. The molecule has 2 aromatic rings. The SMILES string of the molecule is Cc1cc(C=O)ccc1N1CCN([C@@H](C)c2ccc(C3CCCCC3)cc2)CC1. The van der Waals surface area contributed by atoms with Crippen LogP contribution in [0, 0.1) is 6.92 Å². The smallest absolute Gasteiger partial charge is 0.150 e. The second kappa shape index (κ2) is 9.13. The van der Waals surface area contributed by atoms with Crippen LogP contribution in [0.3, 0.4) is 0 Å². The summed E-state index contributed by atoms with van der Waals surface area (Å²) in [5.74, 6) is 0.783. The maximum absolute atomic E-state index is 11.0. The fourth-order valence-electron chi connectivity index (χ4n) is 5.15. The Morgan fingerprint density at radius 1 is 0.931 bits per heavy atom. The van der Waals surface area contributed by atoms with Crippen LogP contribution in [0.1, 0.15) is 78.0 Å². The lowest BCUT2D eigenvalue weighted by Crippen LogP contribution is -2.47. The van der Waals surface area contributed by atoms with Gasteiger partial charge in [-0.2, -0.15) is 0 Å². The molecule has 0 aromatic heterocycles. The molecule has 154 valence electrons. The van der Waals surface area contributed by atoms with Gasteiger partial charge in [-0.05, 0) is 67.5 Å². The molecular weight excluding hydrogens is 356 g/mol. The van der Waals surface area contributed by atoms with Gasteiger partial charge in [-0.15, -0.1) is 0 Å². The monoisotopic (exact) mass is 390 g/mol. The van der Waals surface area contributed by atoms with E-state index in [4.69, 9.17) is 0 Å². The first-order valence-electron chi connectivity index (χ1n) is 11.3. The van der Waals surface area contributed by atoms with Crippen LogP contribution < -0.4 is 4.90 Å². The quantitative estimate of drug-likeness (QED) is 0.608. The van der Waals surface area contributed by atoms with E-state index in [2.05, 4.69) is 54.0 Å². The largest absolute Gasteiger partial charge is 0.369 e. The minimum atomic E-state index is 0.455. The predicted molar refractivity (Wildman–Crippen MR) is 121 cm³/mol. The van der Waals surface area contributed by atoms with Crippen LogP contribution in [0.4, 0.5) is 5.69 Å². The van der Waals surface area contributed by atoms with Gasteiger partial charge in [0.2, 0.25) is 0 Å². The summed E-state index contributed by atoms with van der Waals surface area (Å²) in [5.41, 5.74) is 6.19. The van der Waals surface area contributed by atoms with E-state index in [1.807, 2.05) is 12.1 Å². The first-order chi connectivity index (χ1) is 14.2. The zero-order chi connectivity index (χ0) is 20.2. The molecule has 0 radical (unpaired) electrons. The van der Waals surface area contributed by atoms with E-state index in [1.165, 1.54) is 48.9 Å². The van der Waals surface area contributed by atoms with Gasteiger partial charge in [0.25, 0.3) is 0 Å². The predicted octanol–water partition coefficient (Wildman–Crippen LogP) is 5.74. The lowest BCUT2D eigenvalue weighted by Gasteiger charge is -2.40. The standard InChI is InChI=1S/C26H34N2O/c1-20-18-22(19-29)8-13-26(20)28-16-14-27(15-17-28)21(2)23-9-11-25(12-10-23)24-6-4-3-5-7-24/h8-13,18-19,21,24H,3-7,14-17H2,1-2H3/t21-/m0/s1. The molecule has 2 aliphatic rings. The molecule has 0 unspecified atom stereocenters. The van der Waals surface area contributed by atoms with Crippen LogP contribution in [-0.2, 0) is 0 Å². The minimum absolute atomic E-state index is 0.455. The van der Waals surface area contributed by atoms with Gasteiger partial charge in [0.05, 0.1) is 0 Å². The summed E-state index contributed by atoms with van der Waals surface area (Å²) in [6.45, 7) is 8.65. The molecule has 29 heavy (non-hydrogen) atoms. The second-order valence-electron chi connectivity index (χ2n) is 8.86. The highest BCUT2D eigenvalue weighted by Gasteiger charge is 2.23. The van der Waals surface area contributed by atoms with Gasteiger partial charge in [-0.25, -0.2) is 0 Å². The Morgan fingerprint density at radius 2 is 1.62 bits per heavy atom. The Bertz CT molecular complexity index is 815. The summed E-state index contributed by atoms with van der Waals surface area (Å²) in [5, 5.41) is 0. The van der Waals surface area contributed by atoms with Crippen LogP contribution in [-0.4, -0.2) is 37.4 Å². The zero-order valence-electron chi connectivity index (χ0n) is 17.9. The summed E-state index contributed by atoms with van der Waals surface area (Å²) < 4.78 is 0. The van der Waals surface area contributed by atoms with Gasteiger partial charge in [0, 0.05) is 43.5 Å². The van der Waals surface area contributed by atoms with Crippen LogP contribution in [0.5, 0.6) is 0 Å². The number of aryl methyl sites for hydroxylation is 1. The van der Waals surface area contributed by atoms with Crippen molar-refractivity contribution >= 4 is 12.0 Å². The number of aldehydes is 1. The maximum atomic E-state index is 11.0. The van der Waals surface area contributed by atoms with Crippen molar-refractivity contribution in [1.82, 2.24) is 4.90 Å². The number of anilines is 1. The lowest BCUT2D eigenvalue weighted by molar-refractivity contribution is 0.112. The maximum Gasteiger partial charge on any atom is 0.150 e. The van der Waals surface area contributed by atoms with Crippen molar-refractivity contribution in [3.8, 4) is 0 Å². The van der Waals surface area contributed by atoms with Gasteiger partial charge >= 0.3 is 0 Å². The van der Waals surface area contributed by atoms with E-state index in [1.54, 1.807) is 5.56 Å². The van der Waals surface area contributed by atoms with Crippen LogP contribution in [0.15, 0.2) is 42.5 Å². The molecule has 3 heteroatoms. The van der Waals surface area contributed by atoms with Crippen molar-refractivity contribution in [2.45, 2.75) is 57.9 Å². The number of rotatable bonds is 5. The van der Waals surface area contributed by atoms with E-state index >= 15 is 0 Å². The number of carbonyl (C=O) groups excluding carboxylic acids is 1. The van der Waals surface area contributed by atoms with Crippen LogP contribution in [0.2, 0.25) is 0 Å². The summed E-state index contributed by atoms with van der Waals surface area (Å²) >= 11 is 0. The third-order valence-corrected chi connectivity index (χ3v) is 7.06. The van der Waals surface area contributed by atoms with Crippen molar-refractivity contribution < 1.29 is 4.79 Å². The molecule has 1 saturated heterocycles. The third kappa shape index (κ3) is 4.56. The average molecular weight is 391 g/mol. The Labute approximate surface area is 175 Å². The van der Waals surface area contributed by atoms with Gasteiger partial charge < -0.3 is 4.90 Å². The highest BCUT2D eigenvalue weighted by Crippen LogP contribution is 2.33. The van der Waals surface area contributed by atoms with Gasteiger partial charge in [0.15, 0.2) is 0 Å². The van der Waals surface area contributed by atoms with E-state index in [0.29, 0.717) is 6.04 Å². The van der Waals surface area contributed by atoms with E-state index in [-0.39, 0.29) is 0 Å². The Hall–Kier alpha value is -2.13. The summed E-state index contributed by atoms with van der Waals surface area (Å²) in [4.78, 5) is 16.0. The summed E-state index contributed by atoms with van der Waals surface area (Å²) in [6, 6.07) is 16.0. The number of piperazine rings is 1. The molecule has 2 aromatic carbocycles. The molecule has 1 aliphatic heterocycles. The molecule has 2 fully saturated rings. The molecule has 1 heterocycles. The van der Waals surface area contributed by atoms with E-state index in [9.17, 15) is 4.79 Å². The molecule has 3 nitrogen and oxygen atoms in total. The molecule has 0 spiro atoms. The first-order valence-corrected chi connectivity index (χ1v) is 11.3. The fourth-order valence-corrected chi connectivity index (χ4v) is 5.15. The van der Waals surface area contributed by atoms with Crippen molar-refractivity contribution in [2.24, 2.45) is 0 Å². The molecule has 4 rings (SSSR count). The highest BCUT2D eigenvalue weighted by atomic mass is 16.1. The summed E-state index contributed by atoms with van der Waals surface area (Å²) in [7, 11) is 0. The van der Waals surface area contributed by atoms with Crippen molar-refractivity contribution in [2.75, 3.05) is 31.1 Å². The zero-order valence-corrected chi connectivity index (χ0v) is 17.9. The molecule has 1 aliphatic carbocycles. The van der Waals surface area contributed by atoms with E-state index < -0.39 is 0 Å². The van der Waals surface area contributed by atoms with Gasteiger partial charge in [-0.1, -0.05) is 43.5 Å². The van der Waals surface area contributed by atoms with Gasteiger partial charge in [-0.3, -0.25) is 9.69 Å². The molecule has 0 amide bonds. The Morgan fingerprint density at radius 3 is 2.24 bits per heavy atom. The second-order valence-corrected chi connectivity index (χ2v) is 8.86. The molecular formula is C26H34N2O. The molecule has 1 atom stereocenters. The Balaban J connectivity index is 1.36. The number of carbonyl (C=O) groups is 1. The van der Waals surface area contributed by atoms with Gasteiger partial charge in [0.1, 0.15) is 6.29 Å². The number of benzene rings is 2. The molecule has 0 bridgehead atoms. The lowest BCUT2D eigenvalue weighted by atomic mass is 9.83. The first kappa shape index (κ1) is 20.2. The average Bonchev–Trinajstić information content (AvgIpc) is 2.79. The van der Waals surface area contributed by atoms with Crippen molar-refractivity contribution in [3.63, 3.8) is 0 Å². The molecule has 1 saturated carbocycles. The van der Waals surface area contributed by atoms with E-state index in [0.717, 1.165) is 43.9 Å². The van der Waals surface area contributed by atoms with Crippen LogP contribution in [0.25, 0.3) is 0 Å². The number of hydrogen-bond acceptors (Lipinski definition) is 3. The topological polar surface area (TPSA) is 23.6 Å². The fraction of sp³-hybridized carbons (Fsp3) is 0.500. The van der Waals surface area contributed by atoms with Crippen molar-refractivity contribution in [1.29, 1.82) is 0 Å². The number of hydrogen-bond donors (Lipinski definition) is 0. The minimum Gasteiger partial charge on any atom is -0.369 e.